The minimum Gasteiger partial charge on any atom is -0.395 e. The molecule has 0 heterocycles. The lowest BCUT2D eigenvalue weighted by atomic mass is 10.5. The standard InChI is InChI=1S/C6H16N2O2.C6H16N2/c9-5-3-7-1-2-8-4-6-10;1-3-7-5-6-8-4-2/h7-10H,1-6H2;7-8H,3-6H2,1-2H3. The molecule has 0 amide bonds. The maximum atomic E-state index is 8.35. The van der Waals surface area contributed by atoms with Crippen LogP contribution in [0.4, 0.5) is 0 Å². The summed E-state index contributed by atoms with van der Waals surface area (Å²) in [6.07, 6.45) is 0. The van der Waals surface area contributed by atoms with E-state index in [2.05, 4.69) is 35.1 Å². The second-order valence-electron chi connectivity index (χ2n) is 3.65. The van der Waals surface area contributed by atoms with Gasteiger partial charge in [0.25, 0.3) is 0 Å². The number of rotatable bonds is 12. The molecule has 0 fully saturated rings. The third kappa shape index (κ3) is 24.8. The van der Waals surface area contributed by atoms with Crippen LogP contribution in [0.5, 0.6) is 0 Å². The molecule has 6 N–H and O–H groups in total. The van der Waals surface area contributed by atoms with Gasteiger partial charge in [0.05, 0.1) is 13.2 Å². The van der Waals surface area contributed by atoms with Crippen molar-refractivity contribution in [3.8, 4) is 0 Å². The summed E-state index contributed by atoms with van der Waals surface area (Å²) in [7, 11) is 0. The molecule has 0 saturated heterocycles. The normalized spacial score (nSPS) is 10.0. The van der Waals surface area contributed by atoms with E-state index in [9.17, 15) is 0 Å². The number of likely N-dealkylation sites (N-methyl/N-ethyl adjacent to an activating group) is 2. The van der Waals surface area contributed by atoms with Crippen molar-refractivity contribution in [3.63, 3.8) is 0 Å². The molecule has 112 valence electrons. The molecule has 0 aliphatic carbocycles. The van der Waals surface area contributed by atoms with Gasteiger partial charge in [-0.25, -0.2) is 0 Å². The molecule has 6 nitrogen and oxygen atoms in total. The Labute approximate surface area is 112 Å². The number of hydrogen-bond donors (Lipinski definition) is 6. The Morgan fingerprint density at radius 2 is 0.889 bits per heavy atom. The van der Waals surface area contributed by atoms with Crippen molar-refractivity contribution in [2.24, 2.45) is 0 Å². The molecule has 18 heavy (non-hydrogen) atoms. The summed E-state index contributed by atoms with van der Waals surface area (Å²) in [4.78, 5) is 0. The fourth-order valence-corrected chi connectivity index (χ4v) is 1.12. The summed E-state index contributed by atoms with van der Waals surface area (Å²) in [5.41, 5.74) is 0. The van der Waals surface area contributed by atoms with E-state index < -0.39 is 0 Å². The maximum absolute atomic E-state index is 8.35. The fourth-order valence-electron chi connectivity index (χ4n) is 1.12. The minimum absolute atomic E-state index is 0.181. The van der Waals surface area contributed by atoms with Gasteiger partial charge >= 0.3 is 0 Å². The van der Waals surface area contributed by atoms with Crippen molar-refractivity contribution in [2.45, 2.75) is 13.8 Å². The molecule has 0 aliphatic heterocycles. The largest absolute Gasteiger partial charge is 0.395 e. The molecule has 0 aromatic rings. The Hall–Kier alpha value is -0.240. The highest BCUT2D eigenvalue weighted by atomic mass is 16.3. The van der Waals surface area contributed by atoms with Gasteiger partial charge < -0.3 is 31.5 Å². The summed E-state index contributed by atoms with van der Waals surface area (Å²) >= 11 is 0. The predicted molar refractivity (Wildman–Crippen MR) is 77.0 cm³/mol. The van der Waals surface area contributed by atoms with Crippen LogP contribution < -0.4 is 21.3 Å². The Balaban J connectivity index is 0. The lowest BCUT2D eigenvalue weighted by Gasteiger charge is -2.02. The Morgan fingerprint density at radius 3 is 1.17 bits per heavy atom. The van der Waals surface area contributed by atoms with Crippen molar-refractivity contribution in [2.75, 3.05) is 65.6 Å². The first-order valence-electron chi connectivity index (χ1n) is 6.88. The molecule has 0 atom stereocenters. The summed E-state index contributed by atoms with van der Waals surface area (Å²) in [6.45, 7) is 11.9. The van der Waals surface area contributed by atoms with E-state index >= 15 is 0 Å². The minimum atomic E-state index is 0.181. The first kappa shape index (κ1) is 20.1. The second kappa shape index (κ2) is 22.0. The van der Waals surface area contributed by atoms with E-state index in [1.165, 1.54) is 0 Å². The Morgan fingerprint density at radius 1 is 0.556 bits per heavy atom. The second-order valence-corrected chi connectivity index (χ2v) is 3.65. The summed E-state index contributed by atoms with van der Waals surface area (Å²) in [6, 6.07) is 0. The van der Waals surface area contributed by atoms with Crippen LogP contribution in [-0.4, -0.2) is 75.8 Å². The predicted octanol–water partition coefficient (Wildman–Crippen LogP) is -1.64. The van der Waals surface area contributed by atoms with Crippen LogP contribution in [0.15, 0.2) is 0 Å². The van der Waals surface area contributed by atoms with Crippen LogP contribution in [0.1, 0.15) is 13.8 Å². The molecular formula is C12H32N4O2. The van der Waals surface area contributed by atoms with E-state index in [4.69, 9.17) is 10.2 Å². The van der Waals surface area contributed by atoms with Crippen LogP contribution in [0.3, 0.4) is 0 Å². The third-order valence-electron chi connectivity index (χ3n) is 2.03. The Bertz CT molecular complexity index is 115. The number of nitrogens with one attached hydrogen (secondary N) is 4. The average molecular weight is 264 g/mol. The van der Waals surface area contributed by atoms with Gasteiger partial charge in [0.1, 0.15) is 0 Å². The molecule has 0 aromatic carbocycles. The molecule has 0 saturated carbocycles. The van der Waals surface area contributed by atoms with E-state index in [0.29, 0.717) is 13.1 Å². The van der Waals surface area contributed by atoms with Crippen LogP contribution in [0.2, 0.25) is 0 Å². The van der Waals surface area contributed by atoms with Crippen molar-refractivity contribution < 1.29 is 10.2 Å². The zero-order valence-electron chi connectivity index (χ0n) is 12.0. The van der Waals surface area contributed by atoms with Gasteiger partial charge in [-0.1, -0.05) is 13.8 Å². The van der Waals surface area contributed by atoms with Crippen LogP contribution in [0.25, 0.3) is 0 Å². The third-order valence-corrected chi connectivity index (χ3v) is 2.03. The van der Waals surface area contributed by atoms with Gasteiger partial charge in [-0.15, -0.1) is 0 Å². The van der Waals surface area contributed by atoms with E-state index in [1.54, 1.807) is 0 Å². The van der Waals surface area contributed by atoms with Crippen molar-refractivity contribution in [3.05, 3.63) is 0 Å². The number of aliphatic hydroxyl groups excluding tert-OH is 2. The molecule has 0 unspecified atom stereocenters. The van der Waals surface area contributed by atoms with Gasteiger partial charge in [0.2, 0.25) is 0 Å². The molecular weight excluding hydrogens is 232 g/mol. The number of aliphatic hydroxyl groups is 2. The topological polar surface area (TPSA) is 88.6 Å². The van der Waals surface area contributed by atoms with Crippen molar-refractivity contribution in [1.29, 1.82) is 0 Å². The molecule has 0 bridgehead atoms. The SMILES string of the molecule is CCNCCNCC.OCCNCCNCCO. The molecule has 0 spiro atoms. The molecule has 0 aromatic heterocycles. The van der Waals surface area contributed by atoms with Crippen LogP contribution >= 0.6 is 0 Å². The summed E-state index contributed by atoms with van der Waals surface area (Å²) in [5, 5.41) is 29.1. The molecule has 0 aliphatic rings. The van der Waals surface area contributed by atoms with E-state index in [-0.39, 0.29) is 13.2 Å². The number of hydrogen-bond acceptors (Lipinski definition) is 6. The first-order valence-corrected chi connectivity index (χ1v) is 6.88. The zero-order valence-corrected chi connectivity index (χ0v) is 12.0. The smallest absolute Gasteiger partial charge is 0.0555 e. The molecule has 6 heteroatoms. The lowest BCUT2D eigenvalue weighted by Crippen LogP contribution is -2.30. The Kier molecular flexibility index (Phi) is 24.5. The fraction of sp³-hybridized carbons (Fsp3) is 1.00. The highest BCUT2D eigenvalue weighted by Crippen LogP contribution is 1.59. The highest BCUT2D eigenvalue weighted by Gasteiger charge is 1.84. The van der Waals surface area contributed by atoms with Crippen molar-refractivity contribution >= 4 is 0 Å². The van der Waals surface area contributed by atoms with Crippen LogP contribution in [-0.2, 0) is 0 Å². The maximum Gasteiger partial charge on any atom is 0.0555 e. The summed E-state index contributed by atoms with van der Waals surface area (Å²) < 4.78 is 0. The van der Waals surface area contributed by atoms with Gasteiger partial charge in [-0.3, -0.25) is 0 Å². The zero-order chi connectivity index (χ0) is 13.9. The highest BCUT2D eigenvalue weighted by molar-refractivity contribution is 4.49. The van der Waals surface area contributed by atoms with Gasteiger partial charge in [0, 0.05) is 39.3 Å². The van der Waals surface area contributed by atoms with Gasteiger partial charge in [-0.05, 0) is 13.1 Å². The summed E-state index contributed by atoms with van der Waals surface area (Å²) in [5.74, 6) is 0. The quantitative estimate of drug-likeness (QED) is 0.237. The monoisotopic (exact) mass is 264 g/mol. The first-order chi connectivity index (χ1) is 8.83. The van der Waals surface area contributed by atoms with E-state index in [1.807, 2.05) is 0 Å². The molecule has 0 rings (SSSR count). The van der Waals surface area contributed by atoms with Gasteiger partial charge in [0.15, 0.2) is 0 Å². The van der Waals surface area contributed by atoms with Crippen LogP contribution in [0, 0.1) is 0 Å². The molecule has 0 radical (unpaired) electrons. The van der Waals surface area contributed by atoms with E-state index in [0.717, 1.165) is 39.3 Å². The van der Waals surface area contributed by atoms with Crippen molar-refractivity contribution in [1.82, 2.24) is 21.3 Å². The lowest BCUT2D eigenvalue weighted by molar-refractivity contribution is 0.286. The van der Waals surface area contributed by atoms with Gasteiger partial charge in [-0.2, -0.15) is 0 Å². The average Bonchev–Trinajstić information content (AvgIpc) is 2.40.